The summed E-state index contributed by atoms with van der Waals surface area (Å²) in [5.74, 6) is -0.120. The summed E-state index contributed by atoms with van der Waals surface area (Å²) in [5, 5.41) is 3.42. The van der Waals surface area contributed by atoms with Crippen molar-refractivity contribution in [3.63, 3.8) is 0 Å². The van der Waals surface area contributed by atoms with Crippen LogP contribution in [-0.4, -0.2) is 31.1 Å². The first-order valence-corrected chi connectivity index (χ1v) is 5.36. The lowest BCUT2D eigenvalue weighted by atomic mass is 10.0. The average molecular weight is 208 g/mol. The van der Waals surface area contributed by atoms with Gasteiger partial charge in [-0.3, -0.25) is 0 Å². The van der Waals surface area contributed by atoms with E-state index < -0.39 is 0 Å². The molecular formula is C12H17FN2. The fourth-order valence-corrected chi connectivity index (χ4v) is 2.07. The predicted octanol–water partition coefficient (Wildman–Crippen LogP) is 1.79. The van der Waals surface area contributed by atoms with Crippen LogP contribution in [0.1, 0.15) is 18.5 Å². The van der Waals surface area contributed by atoms with Crippen molar-refractivity contribution >= 4 is 0 Å². The molecule has 1 saturated heterocycles. The molecule has 0 aromatic heterocycles. The summed E-state index contributed by atoms with van der Waals surface area (Å²) in [7, 11) is 2.09. The number of hydrogen-bond donors (Lipinski definition) is 1. The summed E-state index contributed by atoms with van der Waals surface area (Å²) >= 11 is 0. The minimum atomic E-state index is -0.120. The Morgan fingerprint density at radius 2 is 2.07 bits per heavy atom. The third-order valence-electron chi connectivity index (χ3n) is 2.92. The smallest absolute Gasteiger partial charge is 0.127 e. The van der Waals surface area contributed by atoms with Gasteiger partial charge < -0.3 is 10.2 Å². The second-order valence-electron chi connectivity index (χ2n) is 4.33. The maximum atomic E-state index is 13.4. The molecule has 2 rings (SSSR count). The number of nitrogens with zero attached hydrogens (tertiary/aromatic N) is 1. The summed E-state index contributed by atoms with van der Waals surface area (Å²) in [6, 6.07) is 7.55. The average Bonchev–Trinajstić information content (AvgIpc) is 2.16. The second kappa shape index (κ2) is 4.29. The fraction of sp³-hybridized carbons (Fsp3) is 0.500. The van der Waals surface area contributed by atoms with Gasteiger partial charge >= 0.3 is 0 Å². The monoisotopic (exact) mass is 208 g/mol. The van der Waals surface area contributed by atoms with Crippen LogP contribution in [0.15, 0.2) is 24.3 Å². The Labute approximate surface area is 90.1 Å². The van der Waals surface area contributed by atoms with Gasteiger partial charge in [-0.25, -0.2) is 4.39 Å². The predicted molar refractivity (Wildman–Crippen MR) is 59.2 cm³/mol. The summed E-state index contributed by atoms with van der Waals surface area (Å²) in [4.78, 5) is 2.24. The first kappa shape index (κ1) is 10.6. The lowest BCUT2D eigenvalue weighted by molar-refractivity contribution is 0.152. The van der Waals surface area contributed by atoms with E-state index in [1.807, 2.05) is 19.1 Å². The molecule has 0 aliphatic carbocycles. The zero-order valence-corrected chi connectivity index (χ0v) is 9.20. The molecule has 1 aromatic rings. The molecule has 1 aliphatic rings. The van der Waals surface area contributed by atoms with Gasteiger partial charge in [0.2, 0.25) is 0 Å². The van der Waals surface area contributed by atoms with Gasteiger partial charge in [0.15, 0.2) is 0 Å². The maximum Gasteiger partial charge on any atom is 0.127 e. The lowest BCUT2D eigenvalue weighted by Crippen LogP contribution is -2.56. The quantitative estimate of drug-likeness (QED) is 0.814. The molecule has 1 aliphatic heterocycles. The van der Waals surface area contributed by atoms with E-state index >= 15 is 0 Å². The molecule has 2 nitrogen and oxygen atoms in total. The zero-order valence-electron chi connectivity index (χ0n) is 9.20. The Bertz CT molecular complexity index is 334. The Hall–Kier alpha value is -0.930. The van der Waals surface area contributed by atoms with E-state index in [2.05, 4.69) is 17.3 Å². The third-order valence-corrected chi connectivity index (χ3v) is 2.92. The molecular weight excluding hydrogens is 191 g/mol. The highest BCUT2D eigenvalue weighted by Crippen LogP contribution is 2.18. The van der Waals surface area contributed by atoms with Gasteiger partial charge in [-0.15, -0.1) is 0 Å². The van der Waals surface area contributed by atoms with Gasteiger partial charge in [-0.05, 0) is 20.0 Å². The molecule has 15 heavy (non-hydrogen) atoms. The van der Waals surface area contributed by atoms with Crippen LogP contribution in [-0.2, 0) is 0 Å². The van der Waals surface area contributed by atoms with Crippen molar-refractivity contribution in [3.05, 3.63) is 35.6 Å². The topological polar surface area (TPSA) is 15.3 Å². The van der Waals surface area contributed by atoms with Crippen molar-refractivity contribution in [1.29, 1.82) is 0 Å². The number of nitrogens with one attached hydrogen (secondary N) is 1. The summed E-state index contributed by atoms with van der Waals surface area (Å²) in [6.45, 7) is 4.12. The number of halogens is 1. The fourth-order valence-electron chi connectivity index (χ4n) is 2.07. The second-order valence-corrected chi connectivity index (χ2v) is 4.33. The molecule has 82 valence electrons. The Kier molecular flexibility index (Phi) is 3.03. The van der Waals surface area contributed by atoms with Crippen LogP contribution in [0.4, 0.5) is 4.39 Å². The normalized spacial score (nSPS) is 19.9. The van der Waals surface area contributed by atoms with Crippen molar-refractivity contribution < 1.29 is 4.39 Å². The molecule has 1 unspecified atom stereocenters. The molecule has 0 spiro atoms. The van der Waals surface area contributed by atoms with Crippen molar-refractivity contribution in [3.8, 4) is 0 Å². The molecule has 1 fully saturated rings. The molecule has 0 radical (unpaired) electrons. The lowest BCUT2D eigenvalue weighted by Gasteiger charge is -2.38. The van der Waals surface area contributed by atoms with Gasteiger partial charge in [0.25, 0.3) is 0 Å². The van der Waals surface area contributed by atoms with E-state index in [0.717, 1.165) is 18.7 Å². The van der Waals surface area contributed by atoms with E-state index in [1.54, 1.807) is 6.07 Å². The number of likely N-dealkylation sites (tertiary alicyclic amines) is 1. The van der Waals surface area contributed by atoms with Gasteiger partial charge in [-0.1, -0.05) is 18.2 Å². The zero-order chi connectivity index (χ0) is 10.8. The van der Waals surface area contributed by atoms with Crippen molar-refractivity contribution in [2.75, 3.05) is 20.1 Å². The van der Waals surface area contributed by atoms with Gasteiger partial charge in [0.1, 0.15) is 5.82 Å². The maximum absolute atomic E-state index is 13.4. The van der Waals surface area contributed by atoms with Crippen LogP contribution >= 0.6 is 0 Å². The molecule has 0 bridgehead atoms. The highest BCUT2D eigenvalue weighted by atomic mass is 19.1. The Morgan fingerprint density at radius 3 is 2.67 bits per heavy atom. The SMILES string of the molecule is CC(NC1CN(C)C1)c1ccccc1F. The first-order chi connectivity index (χ1) is 7.16. The number of benzene rings is 1. The van der Waals surface area contributed by atoms with Crippen LogP contribution in [0, 0.1) is 5.82 Å². The van der Waals surface area contributed by atoms with Crippen LogP contribution in [0.3, 0.4) is 0 Å². The van der Waals surface area contributed by atoms with E-state index in [1.165, 1.54) is 6.07 Å². The van der Waals surface area contributed by atoms with Crippen LogP contribution in [0.5, 0.6) is 0 Å². The molecule has 0 amide bonds. The molecule has 3 heteroatoms. The standard InChI is InChI=1S/C12H17FN2/c1-9(14-10-7-15(2)8-10)11-5-3-4-6-12(11)13/h3-6,9-10,14H,7-8H2,1-2H3. The first-order valence-electron chi connectivity index (χ1n) is 5.36. The Morgan fingerprint density at radius 1 is 1.40 bits per heavy atom. The van der Waals surface area contributed by atoms with Crippen LogP contribution in [0.25, 0.3) is 0 Å². The van der Waals surface area contributed by atoms with E-state index in [9.17, 15) is 4.39 Å². The Balaban J connectivity index is 1.96. The van der Waals surface area contributed by atoms with Gasteiger partial charge in [0, 0.05) is 30.7 Å². The van der Waals surface area contributed by atoms with Gasteiger partial charge in [-0.2, -0.15) is 0 Å². The van der Waals surface area contributed by atoms with Crippen LogP contribution < -0.4 is 5.32 Å². The van der Waals surface area contributed by atoms with Crippen molar-refractivity contribution in [2.24, 2.45) is 0 Å². The summed E-state index contributed by atoms with van der Waals surface area (Å²) in [5.41, 5.74) is 0.757. The molecule has 1 aromatic carbocycles. The van der Waals surface area contributed by atoms with E-state index in [4.69, 9.17) is 0 Å². The van der Waals surface area contributed by atoms with Crippen molar-refractivity contribution in [2.45, 2.75) is 19.0 Å². The van der Waals surface area contributed by atoms with Crippen molar-refractivity contribution in [1.82, 2.24) is 10.2 Å². The minimum absolute atomic E-state index is 0.0879. The molecule has 1 heterocycles. The van der Waals surface area contributed by atoms with E-state index in [0.29, 0.717) is 6.04 Å². The largest absolute Gasteiger partial charge is 0.305 e. The number of rotatable bonds is 3. The molecule has 1 atom stereocenters. The number of hydrogen-bond acceptors (Lipinski definition) is 2. The molecule has 1 N–H and O–H groups in total. The van der Waals surface area contributed by atoms with E-state index in [-0.39, 0.29) is 11.9 Å². The highest BCUT2D eigenvalue weighted by molar-refractivity contribution is 5.20. The molecule has 0 saturated carbocycles. The number of likely N-dealkylation sites (N-methyl/N-ethyl adjacent to an activating group) is 1. The third kappa shape index (κ3) is 2.36. The van der Waals surface area contributed by atoms with Crippen LogP contribution in [0.2, 0.25) is 0 Å². The summed E-state index contributed by atoms with van der Waals surface area (Å²) < 4.78 is 13.4. The minimum Gasteiger partial charge on any atom is -0.305 e. The van der Waals surface area contributed by atoms with Gasteiger partial charge in [0.05, 0.1) is 0 Å². The summed E-state index contributed by atoms with van der Waals surface area (Å²) in [6.07, 6.45) is 0. The highest BCUT2D eigenvalue weighted by Gasteiger charge is 2.25.